The number of allylic oxidation sites excluding steroid dienone is 1. The van der Waals surface area contributed by atoms with E-state index in [1.165, 1.54) is 16.7 Å². The van der Waals surface area contributed by atoms with Crippen LogP contribution in [-0.4, -0.2) is 23.1 Å². The number of nitrogens with zero attached hydrogens (tertiary/aromatic N) is 1. The Kier molecular flexibility index (Phi) is 5.81. The summed E-state index contributed by atoms with van der Waals surface area (Å²) in [5.41, 5.74) is 3.86. The first-order chi connectivity index (χ1) is 14.3. The molecule has 30 heavy (non-hydrogen) atoms. The molecule has 4 atom stereocenters. The molecule has 158 valence electrons. The summed E-state index contributed by atoms with van der Waals surface area (Å²) >= 11 is 6.44. The summed E-state index contributed by atoms with van der Waals surface area (Å²) in [6.07, 6.45) is 3.95. The van der Waals surface area contributed by atoms with Gasteiger partial charge >= 0.3 is 5.90 Å². The van der Waals surface area contributed by atoms with Gasteiger partial charge in [-0.1, -0.05) is 73.5 Å². The van der Waals surface area contributed by atoms with E-state index in [1.807, 2.05) is 12.1 Å². The fourth-order valence-corrected chi connectivity index (χ4v) is 5.56. The first-order valence-corrected chi connectivity index (χ1v) is 11.4. The summed E-state index contributed by atoms with van der Waals surface area (Å²) in [5.74, 6) is 1.97. The number of ether oxygens (including phenoxy) is 1. The van der Waals surface area contributed by atoms with E-state index in [2.05, 4.69) is 81.3 Å². The molecule has 2 aliphatic heterocycles. The van der Waals surface area contributed by atoms with Crippen LogP contribution in [0.4, 0.5) is 0 Å². The minimum absolute atomic E-state index is 0.0699. The van der Waals surface area contributed by atoms with Gasteiger partial charge in [0.1, 0.15) is 0 Å². The van der Waals surface area contributed by atoms with Gasteiger partial charge in [0.25, 0.3) is 0 Å². The molecule has 0 bridgehead atoms. The van der Waals surface area contributed by atoms with Crippen molar-refractivity contribution in [1.82, 2.24) is 0 Å². The van der Waals surface area contributed by atoms with E-state index >= 15 is 0 Å². The number of aryl methyl sites for hydroxylation is 1. The Hall–Kier alpha value is -2.06. The molecule has 0 saturated heterocycles. The largest absolute Gasteiger partial charge is 0.441 e. The minimum Gasteiger partial charge on any atom is -0.441 e. The number of rotatable bonds is 5. The van der Waals surface area contributed by atoms with Gasteiger partial charge in [-0.2, -0.15) is 4.58 Å². The second-order valence-corrected chi connectivity index (χ2v) is 10.0. The zero-order valence-electron chi connectivity index (χ0n) is 18.6. The van der Waals surface area contributed by atoms with Gasteiger partial charge in [-0.15, -0.1) is 6.58 Å². The van der Waals surface area contributed by atoms with Crippen LogP contribution < -0.4 is 0 Å². The Morgan fingerprint density at radius 3 is 2.57 bits per heavy atom. The van der Waals surface area contributed by atoms with Crippen LogP contribution in [0, 0.1) is 18.3 Å². The van der Waals surface area contributed by atoms with E-state index in [4.69, 9.17) is 16.3 Å². The third kappa shape index (κ3) is 3.71. The van der Waals surface area contributed by atoms with E-state index in [9.17, 15) is 0 Å². The first-order valence-electron chi connectivity index (χ1n) is 11.1. The van der Waals surface area contributed by atoms with Gasteiger partial charge in [0.2, 0.25) is 0 Å². The molecule has 0 aliphatic carbocycles. The molecule has 2 aromatic rings. The molecule has 0 N–H and O–H groups in total. The van der Waals surface area contributed by atoms with Crippen molar-refractivity contribution in [3.63, 3.8) is 0 Å². The predicted octanol–water partition coefficient (Wildman–Crippen LogP) is 6.93. The maximum absolute atomic E-state index is 6.45. The van der Waals surface area contributed by atoms with Crippen molar-refractivity contribution < 1.29 is 9.31 Å². The molecule has 2 aromatic carbocycles. The molecule has 0 spiro atoms. The second-order valence-electron chi connectivity index (χ2n) is 9.61. The fraction of sp³-hybridized carbons (Fsp3) is 0.444. The minimum atomic E-state index is -0.0699. The van der Waals surface area contributed by atoms with Gasteiger partial charge in [-0.3, -0.25) is 0 Å². The summed E-state index contributed by atoms with van der Waals surface area (Å²) in [6.45, 7) is 13.9. The fourth-order valence-electron chi connectivity index (χ4n) is 5.36. The molecule has 2 aliphatic rings. The van der Waals surface area contributed by atoms with E-state index in [0.717, 1.165) is 30.4 Å². The van der Waals surface area contributed by atoms with Gasteiger partial charge in [-0.25, -0.2) is 0 Å². The van der Waals surface area contributed by atoms with Crippen molar-refractivity contribution in [3.05, 3.63) is 82.9 Å². The van der Waals surface area contributed by atoms with Crippen LogP contribution in [0.1, 0.15) is 62.3 Å². The highest BCUT2D eigenvalue weighted by Gasteiger charge is 2.57. The van der Waals surface area contributed by atoms with Crippen LogP contribution in [0.3, 0.4) is 0 Å². The molecule has 3 heteroatoms. The summed E-state index contributed by atoms with van der Waals surface area (Å²) in [4.78, 5) is 0. The molecule has 2 heterocycles. The van der Waals surface area contributed by atoms with Crippen molar-refractivity contribution in [3.8, 4) is 0 Å². The standard InChI is InChI=1S/C27H33ClNO/c1-6-14-27(5)16-23(21-8-7-9-22(28)15-21)25(20-12-10-19(4)11-13-20)29-24(18(2)3)17-30-26(27)29/h6-13,15,18,23-25H,1,14,16-17H2,2-5H3/q+1/t23-,24?,25?,27+/m1/s1. The second kappa shape index (κ2) is 8.23. The average Bonchev–Trinajstić information content (AvgIpc) is 3.15. The number of hydrogen-bond donors (Lipinski definition) is 0. The summed E-state index contributed by atoms with van der Waals surface area (Å²) in [5, 5.41) is 0.799. The molecule has 0 radical (unpaired) electrons. The van der Waals surface area contributed by atoms with E-state index in [1.54, 1.807) is 0 Å². The van der Waals surface area contributed by atoms with Crippen LogP contribution in [-0.2, 0) is 4.74 Å². The quantitative estimate of drug-likeness (QED) is 0.376. The molecule has 2 nitrogen and oxygen atoms in total. The van der Waals surface area contributed by atoms with Gasteiger partial charge < -0.3 is 4.74 Å². The summed E-state index contributed by atoms with van der Waals surface area (Å²) < 4.78 is 9.06. The number of hydrogen-bond acceptors (Lipinski definition) is 1. The molecule has 2 unspecified atom stereocenters. The van der Waals surface area contributed by atoms with Crippen LogP contribution in [0.2, 0.25) is 5.02 Å². The molecule has 0 fully saturated rings. The van der Waals surface area contributed by atoms with Crippen LogP contribution >= 0.6 is 11.6 Å². The first kappa shape index (κ1) is 21.2. The van der Waals surface area contributed by atoms with Crippen LogP contribution in [0.5, 0.6) is 0 Å². The zero-order valence-corrected chi connectivity index (χ0v) is 19.3. The van der Waals surface area contributed by atoms with Gasteiger partial charge in [0.05, 0.1) is 11.3 Å². The van der Waals surface area contributed by atoms with E-state index in [-0.39, 0.29) is 11.5 Å². The van der Waals surface area contributed by atoms with Gasteiger partial charge in [0, 0.05) is 16.5 Å². The molecular formula is C27H33ClNO+. The number of halogens is 1. The third-order valence-electron chi connectivity index (χ3n) is 6.91. The van der Waals surface area contributed by atoms with Crippen molar-refractivity contribution in [2.75, 3.05) is 6.61 Å². The topological polar surface area (TPSA) is 12.2 Å². The Morgan fingerprint density at radius 2 is 1.93 bits per heavy atom. The number of benzene rings is 2. The third-order valence-corrected chi connectivity index (χ3v) is 7.15. The average molecular weight is 423 g/mol. The maximum Gasteiger partial charge on any atom is 0.343 e. The normalized spacial score (nSPS) is 28.4. The Morgan fingerprint density at radius 1 is 1.20 bits per heavy atom. The Labute approximate surface area is 186 Å². The lowest BCUT2D eigenvalue weighted by Gasteiger charge is -2.39. The van der Waals surface area contributed by atoms with Crippen molar-refractivity contribution in [1.29, 1.82) is 0 Å². The van der Waals surface area contributed by atoms with Crippen molar-refractivity contribution >= 4 is 17.5 Å². The van der Waals surface area contributed by atoms with E-state index < -0.39 is 0 Å². The lowest BCUT2D eigenvalue weighted by Crippen LogP contribution is -2.46. The van der Waals surface area contributed by atoms with Crippen LogP contribution in [0.25, 0.3) is 0 Å². The highest BCUT2D eigenvalue weighted by molar-refractivity contribution is 6.30. The van der Waals surface area contributed by atoms with Crippen molar-refractivity contribution in [2.24, 2.45) is 11.3 Å². The van der Waals surface area contributed by atoms with E-state index in [0.29, 0.717) is 17.9 Å². The molecule has 0 aromatic heterocycles. The SMILES string of the molecule is C=CC[C@@]1(C)C[C@H](c2cccc(Cl)c2)C(c2ccc(C)cc2)[N+]2=C1OCC2C(C)C. The lowest BCUT2D eigenvalue weighted by atomic mass is 9.69. The monoisotopic (exact) mass is 422 g/mol. The van der Waals surface area contributed by atoms with Gasteiger partial charge in [0.15, 0.2) is 18.7 Å². The molecule has 4 rings (SSSR count). The Balaban J connectivity index is 1.94. The van der Waals surface area contributed by atoms with Gasteiger partial charge in [-0.05, 0) is 44.4 Å². The highest BCUT2D eigenvalue weighted by atomic mass is 35.5. The lowest BCUT2D eigenvalue weighted by molar-refractivity contribution is -0.616. The van der Waals surface area contributed by atoms with Crippen molar-refractivity contribution in [2.45, 2.75) is 58.5 Å². The maximum atomic E-state index is 6.45. The highest BCUT2D eigenvalue weighted by Crippen LogP contribution is 2.51. The Bertz CT molecular complexity index is 961. The molecular weight excluding hydrogens is 390 g/mol. The summed E-state index contributed by atoms with van der Waals surface area (Å²) in [7, 11) is 0. The summed E-state index contributed by atoms with van der Waals surface area (Å²) in [6, 6.07) is 18.0. The zero-order chi connectivity index (χ0) is 21.5. The molecule has 0 amide bonds. The smallest absolute Gasteiger partial charge is 0.343 e. The predicted molar refractivity (Wildman–Crippen MR) is 125 cm³/mol. The van der Waals surface area contributed by atoms with Crippen LogP contribution in [0.15, 0.2) is 61.2 Å². The molecule has 0 saturated carbocycles.